The number of carbonyl (C=O) groups is 1. The van der Waals surface area contributed by atoms with Crippen molar-refractivity contribution < 1.29 is 31.1 Å². The molecule has 2 aromatic heterocycles. The third-order valence-electron chi connectivity index (χ3n) is 5.83. The summed E-state index contributed by atoms with van der Waals surface area (Å²) in [7, 11) is -1.49. The average Bonchev–Trinajstić information content (AvgIpc) is 3.34. The first-order valence-corrected chi connectivity index (χ1v) is 13.5. The summed E-state index contributed by atoms with van der Waals surface area (Å²) >= 11 is 0. The molecule has 40 heavy (non-hydrogen) atoms. The van der Waals surface area contributed by atoms with Gasteiger partial charge in [-0.1, -0.05) is 6.07 Å². The Kier molecular flexibility index (Phi) is 8.55. The molecule has 0 unspecified atom stereocenters. The summed E-state index contributed by atoms with van der Waals surface area (Å²) in [6.45, 7) is 1.05. The number of aromatic nitrogens is 3. The summed E-state index contributed by atoms with van der Waals surface area (Å²) in [6.07, 6.45) is 4.64. The van der Waals surface area contributed by atoms with E-state index >= 15 is 8.78 Å². The summed E-state index contributed by atoms with van der Waals surface area (Å²) in [5.41, 5.74) is -0.315. The van der Waals surface area contributed by atoms with Crippen LogP contribution in [0.4, 0.5) is 18.9 Å². The zero-order valence-corrected chi connectivity index (χ0v) is 22.7. The molecule has 4 rings (SSSR count). The Morgan fingerprint density at radius 3 is 2.42 bits per heavy atom. The number of carbonyl (C=O) groups excluding carboxylic acids is 1. The Labute approximate surface area is 229 Å². The molecule has 210 valence electrons. The highest BCUT2D eigenvalue weighted by molar-refractivity contribution is 7.92. The zero-order chi connectivity index (χ0) is 29.0. The highest BCUT2D eigenvalue weighted by Crippen LogP contribution is 2.38. The highest BCUT2D eigenvalue weighted by atomic mass is 32.2. The van der Waals surface area contributed by atoms with Crippen molar-refractivity contribution in [1.29, 1.82) is 0 Å². The van der Waals surface area contributed by atoms with Gasteiger partial charge >= 0.3 is 5.97 Å². The van der Waals surface area contributed by atoms with Crippen LogP contribution in [0, 0.1) is 17.5 Å². The van der Waals surface area contributed by atoms with Gasteiger partial charge in [0.15, 0.2) is 12.5 Å². The normalized spacial score (nSPS) is 11.6. The third-order valence-corrected chi connectivity index (χ3v) is 7.56. The fraction of sp³-hybridized carbons (Fsp3) is 0.222. The molecule has 0 saturated carbocycles. The molecule has 0 aliphatic rings. The Hall–Kier alpha value is -4.23. The molecule has 0 spiro atoms. The fourth-order valence-electron chi connectivity index (χ4n) is 3.92. The minimum absolute atomic E-state index is 0.0717. The summed E-state index contributed by atoms with van der Waals surface area (Å²) in [5.74, 6) is -3.90. The van der Waals surface area contributed by atoms with Gasteiger partial charge in [-0.05, 0) is 69.0 Å². The van der Waals surface area contributed by atoms with Gasteiger partial charge < -0.3 is 4.74 Å². The topological polar surface area (TPSA) is 97.6 Å². The van der Waals surface area contributed by atoms with Crippen molar-refractivity contribution in [1.82, 2.24) is 19.7 Å². The van der Waals surface area contributed by atoms with E-state index in [0.29, 0.717) is 22.0 Å². The number of anilines is 1. The quantitative estimate of drug-likeness (QED) is 0.206. The number of nitrogens with zero attached hydrogens (tertiary/aromatic N) is 5. The van der Waals surface area contributed by atoms with Gasteiger partial charge in [-0.2, -0.15) is 5.10 Å². The first-order valence-electron chi connectivity index (χ1n) is 12.1. The van der Waals surface area contributed by atoms with E-state index in [-0.39, 0.29) is 12.2 Å². The molecule has 0 aliphatic carbocycles. The van der Waals surface area contributed by atoms with Crippen LogP contribution in [0.25, 0.3) is 22.4 Å². The van der Waals surface area contributed by atoms with Crippen molar-refractivity contribution in [3.63, 3.8) is 0 Å². The molecule has 0 bridgehead atoms. The number of pyridine rings is 1. The van der Waals surface area contributed by atoms with E-state index in [2.05, 4.69) is 10.1 Å². The number of rotatable bonds is 10. The molecule has 0 atom stereocenters. The number of sulfonamides is 1. The summed E-state index contributed by atoms with van der Waals surface area (Å²) in [6, 6.07) is 9.16. The highest BCUT2D eigenvalue weighted by Gasteiger charge is 2.32. The van der Waals surface area contributed by atoms with Crippen molar-refractivity contribution in [3.8, 4) is 22.4 Å². The monoisotopic (exact) mass is 573 g/mol. The minimum atomic E-state index is -4.69. The van der Waals surface area contributed by atoms with Crippen molar-refractivity contribution in [2.45, 2.75) is 18.4 Å². The summed E-state index contributed by atoms with van der Waals surface area (Å²) < 4.78 is 79.9. The number of benzene rings is 2. The number of hydrogen-bond acceptors (Lipinski definition) is 7. The second-order valence-electron chi connectivity index (χ2n) is 8.93. The van der Waals surface area contributed by atoms with Crippen LogP contribution in [0.5, 0.6) is 0 Å². The average molecular weight is 574 g/mol. The van der Waals surface area contributed by atoms with Crippen molar-refractivity contribution >= 4 is 21.7 Å². The van der Waals surface area contributed by atoms with Crippen LogP contribution < -0.4 is 4.31 Å². The summed E-state index contributed by atoms with van der Waals surface area (Å²) in [5, 5.41) is 4.34. The predicted molar refractivity (Wildman–Crippen MR) is 142 cm³/mol. The van der Waals surface area contributed by atoms with Crippen LogP contribution in [0.1, 0.15) is 6.92 Å². The lowest BCUT2D eigenvalue weighted by Crippen LogP contribution is -2.36. The van der Waals surface area contributed by atoms with Gasteiger partial charge in [-0.25, -0.2) is 25.9 Å². The predicted octanol–water partition coefficient (Wildman–Crippen LogP) is 4.31. The number of aryl methyl sites for hydroxylation is 1. The third kappa shape index (κ3) is 6.00. The molecule has 2 aromatic carbocycles. The minimum Gasteiger partial charge on any atom is -0.442 e. The number of halogens is 3. The van der Waals surface area contributed by atoms with Crippen LogP contribution in [0.3, 0.4) is 0 Å². The number of hydrogen-bond donors (Lipinski definition) is 0. The molecule has 0 aliphatic heterocycles. The van der Waals surface area contributed by atoms with Gasteiger partial charge in [-0.15, -0.1) is 0 Å². The number of likely N-dealkylation sites (N-methyl/N-ethyl adjacent to an activating group) is 1. The van der Waals surface area contributed by atoms with Crippen LogP contribution in [0.2, 0.25) is 0 Å². The molecule has 0 N–H and O–H groups in total. The van der Waals surface area contributed by atoms with Gasteiger partial charge in [0, 0.05) is 30.7 Å². The largest absolute Gasteiger partial charge is 0.442 e. The lowest BCUT2D eigenvalue weighted by atomic mass is 10.0. The maximum Gasteiger partial charge on any atom is 0.321 e. The van der Waals surface area contributed by atoms with Crippen molar-refractivity contribution in [2.75, 3.05) is 31.7 Å². The van der Waals surface area contributed by atoms with Crippen LogP contribution in [-0.4, -0.2) is 61.4 Å². The first kappa shape index (κ1) is 28.8. The number of esters is 1. The van der Waals surface area contributed by atoms with Crippen LogP contribution in [0.15, 0.2) is 72.0 Å². The molecular formula is C27H26F3N5O4S. The van der Waals surface area contributed by atoms with E-state index in [0.717, 1.165) is 30.3 Å². The van der Waals surface area contributed by atoms with Gasteiger partial charge in [0.1, 0.15) is 17.3 Å². The summed E-state index contributed by atoms with van der Waals surface area (Å²) in [4.78, 5) is 17.2. The Morgan fingerprint density at radius 2 is 1.77 bits per heavy atom. The standard InChI is InChI=1S/C27H26F3N5O4S/c1-4-34-15-21(18-10-12-31-13-11-18)27(32-34)25-22(29)8-9-23(26(25)30)35(17-39-24(36)16-33(2)3)40(37,38)20-7-5-6-19(28)14-20/h5-15H,4,16-17H2,1-3H3. The van der Waals surface area contributed by atoms with Crippen molar-refractivity contribution in [2.24, 2.45) is 0 Å². The van der Waals surface area contributed by atoms with Crippen molar-refractivity contribution in [3.05, 3.63) is 84.6 Å². The number of ether oxygens (including phenoxy) is 1. The van der Waals surface area contributed by atoms with Gasteiger partial charge in [0.05, 0.1) is 22.7 Å². The second-order valence-corrected chi connectivity index (χ2v) is 10.8. The smallest absolute Gasteiger partial charge is 0.321 e. The Bertz CT molecular complexity index is 1630. The second kappa shape index (κ2) is 11.9. The SMILES string of the molecule is CCn1cc(-c2ccncc2)c(-c2c(F)ccc(N(COC(=O)CN(C)C)S(=O)(=O)c3cccc(F)c3)c2F)n1. The molecule has 0 fully saturated rings. The van der Waals surface area contributed by atoms with E-state index in [9.17, 15) is 17.6 Å². The van der Waals surface area contributed by atoms with Gasteiger partial charge in [0.2, 0.25) is 0 Å². The van der Waals surface area contributed by atoms with Crippen LogP contribution in [-0.2, 0) is 26.1 Å². The molecule has 13 heteroatoms. The van der Waals surface area contributed by atoms with E-state index in [1.165, 1.54) is 28.0 Å². The maximum absolute atomic E-state index is 16.3. The Balaban J connectivity index is 1.89. The molecule has 4 aromatic rings. The maximum atomic E-state index is 16.3. The lowest BCUT2D eigenvalue weighted by Gasteiger charge is -2.25. The molecule has 0 amide bonds. The van der Waals surface area contributed by atoms with E-state index < -0.39 is 56.3 Å². The first-order chi connectivity index (χ1) is 19.0. The lowest BCUT2D eigenvalue weighted by molar-refractivity contribution is -0.143. The molecule has 9 nitrogen and oxygen atoms in total. The molecule has 0 radical (unpaired) electrons. The zero-order valence-electron chi connectivity index (χ0n) is 21.9. The molecule has 2 heterocycles. The molecule has 0 saturated heterocycles. The fourth-order valence-corrected chi connectivity index (χ4v) is 5.28. The van der Waals surface area contributed by atoms with Gasteiger partial charge in [-0.3, -0.25) is 19.4 Å². The van der Waals surface area contributed by atoms with E-state index in [4.69, 9.17) is 4.74 Å². The van der Waals surface area contributed by atoms with Crippen LogP contribution >= 0.6 is 0 Å². The Morgan fingerprint density at radius 1 is 1.05 bits per heavy atom. The van der Waals surface area contributed by atoms with Gasteiger partial charge in [0.25, 0.3) is 10.0 Å². The van der Waals surface area contributed by atoms with E-state index in [1.807, 2.05) is 0 Å². The molecular weight excluding hydrogens is 547 g/mol. The van der Waals surface area contributed by atoms with E-state index in [1.54, 1.807) is 39.3 Å².